The number of hydrogen-bond acceptors (Lipinski definition) is 7. The Morgan fingerprint density at radius 3 is 2.45 bits per heavy atom. The molecule has 0 unspecified atom stereocenters. The normalized spacial score (nSPS) is 18.5. The molecule has 0 amide bonds. The van der Waals surface area contributed by atoms with Crippen molar-refractivity contribution < 1.29 is 23.7 Å². The number of carbonyl (C=O) groups excluding carboxylic acids is 1. The third-order valence-corrected chi connectivity index (χ3v) is 6.03. The van der Waals surface area contributed by atoms with Crippen molar-refractivity contribution in [3.8, 4) is 17.2 Å². The summed E-state index contributed by atoms with van der Waals surface area (Å²) in [5, 5.41) is 6.98. The van der Waals surface area contributed by atoms with E-state index in [9.17, 15) is 4.79 Å². The van der Waals surface area contributed by atoms with E-state index in [0.29, 0.717) is 17.1 Å². The standard InChI is InChI=1S/C26H24N2O5/c1-30-23-13-12-18(14-24(23)31-2)20-15-21-19-6-4-5-7-22(19)33-25(28(21)27-20)16-8-10-17(11-9-16)26(29)32-3/h4-14,21,25H,15H2,1-3H3/t21-,25-/m1/s1. The lowest BCUT2D eigenvalue weighted by Gasteiger charge is -2.38. The quantitative estimate of drug-likeness (QED) is 0.530. The van der Waals surface area contributed by atoms with Crippen LogP contribution in [-0.2, 0) is 4.74 Å². The van der Waals surface area contributed by atoms with E-state index in [1.54, 1.807) is 26.4 Å². The van der Waals surface area contributed by atoms with Crippen molar-refractivity contribution in [3.05, 3.63) is 89.0 Å². The summed E-state index contributed by atoms with van der Waals surface area (Å²) in [6, 6.07) is 21.2. The van der Waals surface area contributed by atoms with Crippen LogP contribution >= 0.6 is 0 Å². The molecule has 0 aromatic heterocycles. The zero-order valence-electron chi connectivity index (χ0n) is 18.6. The molecule has 3 aromatic rings. The molecule has 0 spiro atoms. The van der Waals surface area contributed by atoms with Gasteiger partial charge in [-0.3, -0.25) is 0 Å². The predicted molar refractivity (Wildman–Crippen MR) is 123 cm³/mol. The van der Waals surface area contributed by atoms with Crippen LogP contribution in [0, 0.1) is 0 Å². The van der Waals surface area contributed by atoms with Gasteiger partial charge in [0.15, 0.2) is 11.5 Å². The maximum absolute atomic E-state index is 11.8. The van der Waals surface area contributed by atoms with Gasteiger partial charge in [0.1, 0.15) is 5.75 Å². The van der Waals surface area contributed by atoms with Crippen LogP contribution < -0.4 is 14.2 Å². The first kappa shape index (κ1) is 20.9. The van der Waals surface area contributed by atoms with E-state index in [2.05, 4.69) is 6.07 Å². The molecule has 168 valence electrons. The lowest BCUT2D eigenvalue weighted by Crippen LogP contribution is -2.33. The van der Waals surface area contributed by atoms with Crippen LogP contribution in [0.5, 0.6) is 17.2 Å². The molecule has 0 radical (unpaired) electrons. The van der Waals surface area contributed by atoms with E-state index >= 15 is 0 Å². The zero-order valence-corrected chi connectivity index (χ0v) is 18.6. The summed E-state index contributed by atoms with van der Waals surface area (Å²) in [5.41, 5.74) is 4.40. The van der Waals surface area contributed by atoms with Gasteiger partial charge in [-0.2, -0.15) is 5.10 Å². The van der Waals surface area contributed by atoms with E-state index < -0.39 is 6.23 Å². The van der Waals surface area contributed by atoms with Gasteiger partial charge >= 0.3 is 5.97 Å². The van der Waals surface area contributed by atoms with Crippen LogP contribution in [0.1, 0.15) is 45.7 Å². The third-order valence-electron chi connectivity index (χ3n) is 6.03. The van der Waals surface area contributed by atoms with E-state index in [-0.39, 0.29) is 12.0 Å². The number of para-hydroxylation sites is 1. The van der Waals surface area contributed by atoms with Crippen LogP contribution in [0.3, 0.4) is 0 Å². The third kappa shape index (κ3) is 3.65. The second kappa shape index (κ2) is 8.50. The Kier molecular flexibility index (Phi) is 5.38. The monoisotopic (exact) mass is 444 g/mol. The lowest BCUT2D eigenvalue weighted by atomic mass is 9.95. The van der Waals surface area contributed by atoms with Crippen molar-refractivity contribution in [2.75, 3.05) is 21.3 Å². The number of fused-ring (bicyclic) bond motifs is 3. The fourth-order valence-electron chi connectivity index (χ4n) is 4.35. The van der Waals surface area contributed by atoms with Crippen molar-refractivity contribution in [2.24, 2.45) is 5.10 Å². The first-order valence-electron chi connectivity index (χ1n) is 10.6. The molecule has 2 aliphatic rings. The first-order chi connectivity index (χ1) is 16.1. The number of nitrogens with zero attached hydrogens (tertiary/aromatic N) is 2. The predicted octanol–water partition coefficient (Wildman–Crippen LogP) is 4.73. The maximum atomic E-state index is 11.8. The highest BCUT2D eigenvalue weighted by Gasteiger charge is 2.41. The minimum atomic E-state index is -0.422. The summed E-state index contributed by atoms with van der Waals surface area (Å²) >= 11 is 0. The molecule has 7 nitrogen and oxygen atoms in total. The molecule has 0 saturated carbocycles. The van der Waals surface area contributed by atoms with Crippen LogP contribution in [-0.4, -0.2) is 38.0 Å². The molecule has 2 heterocycles. The highest BCUT2D eigenvalue weighted by Crippen LogP contribution is 2.47. The number of methoxy groups -OCH3 is 3. The van der Waals surface area contributed by atoms with Gasteiger partial charge in [-0.25, -0.2) is 9.80 Å². The molecule has 0 fully saturated rings. The Hall–Kier alpha value is -4.00. The minimum Gasteiger partial charge on any atom is -0.493 e. The first-order valence-corrected chi connectivity index (χ1v) is 10.6. The largest absolute Gasteiger partial charge is 0.493 e. The number of ether oxygens (including phenoxy) is 4. The Bertz CT molecular complexity index is 1220. The van der Waals surface area contributed by atoms with Gasteiger partial charge in [-0.1, -0.05) is 30.3 Å². The second-order valence-electron chi connectivity index (χ2n) is 7.84. The minimum absolute atomic E-state index is 0.0309. The molecule has 3 aromatic carbocycles. The Balaban J connectivity index is 1.54. The van der Waals surface area contributed by atoms with E-state index in [4.69, 9.17) is 24.0 Å². The fourth-order valence-corrected chi connectivity index (χ4v) is 4.35. The molecule has 7 heteroatoms. The highest BCUT2D eigenvalue weighted by molar-refractivity contribution is 6.02. The van der Waals surface area contributed by atoms with Crippen molar-refractivity contribution in [3.63, 3.8) is 0 Å². The maximum Gasteiger partial charge on any atom is 0.337 e. The number of carbonyl (C=O) groups is 1. The van der Waals surface area contributed by atoms with Gasteiger partial charge in [0.05, 0.1) is 38.6 Å². The Labute approximate surface area is 192 Å². The molecule has 5 rings (SSSR count). The summed E-state index contributed by atoms with van der Waals surface area (Å²) in [6.45, 7) is 0. The van der Waals surface area contributed by atoms with Gasteiger partial charge < -0.3 is 18.9 Å². The van der Waals surface area contributed by atoms with Gasteiger partial charge in [0.25, 0.3) is 0 Å². The molecule has 0 N–H and O–H groups in total. The van der Waals surface area contributed by atoms with Gasteiger partial charge in [-0.15, -0.1) is 0 Å². The number of rotatable bonds is 5. The summed E-state index contributed by atoms with van der Waals surface area (Å²) in [6.07, 6.45) is 0.307. The van der Waals surface area contributed by atoms with Crippen molar-refractivity contribution >= 4 is 11.7 Å². The number of hydrazone groups is 1. The van der Waals surface area contributed by atoms with Crippen LogP contribution in [0.2, 0.25) is 0 Å². The van der Waals surface area contributed by atoms with Crippen molar-refractivity contribution in [1.29, 1.82) is 0 Å². The smallest absolute Gasteiger partial charge is 0.337 e. The van der Waals surface area contributed by atoms with Gasteiger partial charge in [0, 0.05) is 23.1 Å². The van der Waals surface area contributed by atoms with E-state index in [1.807, 2.05) is 53.5 Å². The van der Waals surface area contributed by atoms with Gasteiger partial charge in [-0.05, 0) is 36.4 Å². The number of esters is 1. The molecule has 2 atom stereocenters. The highest BCUT2D eigenvalue weighted by atomic mass is 16.5. The van der Waals surface area contributed by atoms with Crippen molar-refractivity contribution in [1.82, 2.24) is 5.01 Å². The summed E-state index contributed by atoms with van der Waals surface area (Å²) in [5.74, 6) is 1.80. The van der Waals surface area contributed by atoms with Crippen LogP contribution in [0.15, 0.2) is 71.8 Å². The molecule has 2 aliphatic heterocycles. The lowest BCUT2D eigenvalue weighted by molar-refractivity contribution is -0.0190. The summed E-state index contributed by atoms with van der Waals surface area (Å²) in [4.78, 5) is 11.8. The fraction of sp³-hybridized carbons (Fsp3) is 0.231. The average molecular weight is 444 g/mol. The number of benzene rings is 3. The SMILES string of the molecule is COC(=O)c1ccc([C@H]2Oc3ccccc3[C@H]3CC(c4ccc(OC)c(OC)c4)=NN32)cc1. The molecule has 0 saturated heterocycles. The Morgan fingerprint density at radius 2 is 1.73 bits per heavy atom. The number of hydrogen-bond donors (Lipinski definition) is 0. The van der Waals surface area contributed by atoms with Crippen molar-refractivity contribution in [2.45, 2.75) is 18.7 Å². The topological polar surface area (TPSA) is 69.6 Å². The molecule has 33 heavy (non-hydrogen) atoms. The van der Waals surface area contributed by atoms with Gasteiger partial charge in [0.2, 0.25) is 6.23 Å². The molecule has 0 aliphatic carbocycles. The molecular weight excluding hydrogens is 420 g/mol. The zero-order chi connectivity index (χ0) is 22.9. The molecular formula is C26H24N2O5. The van der Waals surface area contributed by atoms with E-state index in [1.165, 1.54) is 7.11 Å². The Morgan fingerprint density at radius 1 is 0.970 bits per heavy atom. The molecule has 0 bridgehead atoms. The summed E-state index contributed by atoms with van der Waals surface area (Å²) in [7, 11) is 4.62. The second-order valence-corrected chi connectivity index (χ2v) is 7.84. The van der Waals surface area contributed by atoms with E-state index in [0.717, 1.165) is 34.6 Å². The van der Waals surface area contributed by atoms with Crippen LogP contribution in [0.25, 0.3) is 0 Å². The van der Waals surface area contributed by atoms with Crippen LogP contribution in [0.4, 0.5) is 0 Å². The average Bonchev–Trinajstić information content (AvgIpc) is 3.33. The summed E-state index contributed by atoms with van der Waals surface area (Å²) < 4.78 is 22.1.